The standard InChI is InChI=1S/C14H22N2O5S/c1-20-9-8-15-14(17)10-13(16-22(3,18)19)11-4-6-12(21-2)7-5-11/h4-7,13,16H,8-10H2,1-3H3,(H,15,17). The second-order valence-electron chi connectivity index (χ2n) is 4.76. The molecule has 0 fully saturated rings. The molecule has 0 saturated carbocycles. The first-order chi connectivity index (χ1) is 10.4. The molecule has 8 heteroatoms. The van der Waals surface area contributed by atoms with Gasteiger partial charge in [-0.2, -0.15) is 0 Å². The number of hydrogen-bond acceptors (Lipinski definition) is 5. The van der Waals surface area contributed by atoms with Gasteiger partial charge in [-0.05, 0) is 17.7 Å². The molecular formula is C14H22N2O5S. The highest BCUT2D eigenvalue weighted by molar-refractivity contribution is 7.88. The molecule has 124 valence electrons. The van der Waals surface area contributed by atoms with Gasteiger partial charge in [0.05, 0.1) is 26.0 Å². The zero-order valence-electron chi connectivity index (χ0n) is 13.0. The van der Waals surface area contributed by atoms with Gasteiger partial charge >= 0.3 is 0 Å². The van der Waals surface area contributed by atoms with Crippen LogP contribution in [0.25, 0.3) is 0 Å². The predicted molar refractivity (Wildman–Crippen MR) is 83.2 cm³/mol. The van der Waals surface area contributed by atoms with Gasteiger partial charge < -0.3 is 14.8 Å². The maximum Gasteiger partial charge on any atom is 0.222 e. The Labute approximate surface area is 131 Å². The number of carbonyl (C=O) groups is 1. The van der Waals surface area contributed by atoms with Crippen molar-refractivity contribution in [3.8, 4) is 5.75 Å². The van der Waals surface area contributed by atoms with E-state index >= 15 is 0 Å². The molecule has 1 unspecified atom stereocenters. The summed E-state index contributed by atoms with van der Waals surface area (Å²) in [6, 6.07) is 6.25. The SMILES string of the molecule is COCCNC(=O)CC(NS(C)(=O)=O)c1ccc(OC)cc1. The van der Waals surface area contributed by atoms with E-state index in [1.807, 2.05) is 0 Å². The molecule has 0 aromatic heterocycles. The van der Waals surface area contributed by atoms with Gasteiger partial charge in [0.2, 0.25) is 15.9 Å². The fourth-order valence-corrected chi connectivity index (χ4v) is 2.61. The second kappa shape index (κ2) is 8.72. The van der Waals surface area contributed by atoms with Gasteiger partial charge in [-0.1, -0.05) is 12.1 Å². The minimum Gasteiger partial charge on any atom is -0.497 e. The topological polar surface area (TPSA) is 93.7 Å². The van der Waals surface area contributed by atoms with Crippen LogP contribution in [0.1, 0.15) is 18.0 Å². The number of sulfonamides is 1. The fourth-order valence-electron chi connectivity index (χ4n) is 1.87. The van der Waals surface area contributed by atoms with E-state index in [1.165, 1.54) is 7.11 Å². The Kier molecular flexibility index (Phi) is 7.30. The summed E-state index contributed by atoms with van der Waals surface area (Å²) in [5.74, 6) is 0.403. The van der Waals surface area contributed by atoms with Crippen LogP contribution in [-0.4, -0.2) is 48.0 Å². The zero-order valence-corrected chi connectivity index (χ0v) is 13.8. The van der Waals surface area contributed by atoms with Crippen molar-refractivity contribution in [2.45, 2.75) is 12.5 Å². The highest BCUT2D eigenvalue weighted by Crippen LogP contribution is 2.21. The number of benzene rings is 1. The number of carbonyl (C=O) groups excluding carboxylic acids is 1. The summed E-state index contributed by atoms with van der Waals surface area (Å²) in [5.41, 5.74) is 0.688. The summed E-state index contributed by atoms with van der Waals surface area (Å²) in [5, 5.41) is 2.67. The van der Waals surface area contributed by atoms with Crippen molar-refractivity contribution in [2.75, 3.05) is 33.6 Å². The lowest BCUT2D eigenvalue weighted by Crippen LogP contribution is -2.34. The molecule has 1 atom stereocenters. The van der Waals surface area contributed by atoms with E-state index in [4.69, 9.17) is 9.47 Å². The summed E-state index contributed by atoms with van der Waals surface area (Å²) in [4.78, 5) is 11.9. The third kappa shape index (κ3) is 6.88. The van der Waals surface area contributed by atoms with Crippen LogP contribution in [0.3, 0.4) is 0 Å². The predicted octanol–water partition coefficient (Wildman–Crippen LogP) is 0.438. The number of amides is 1. The fraction of sp³-hybridized carbons (Fsp3) is 0.500. The van der Waals surface area contributed by atoms with E-state index in [0.29, 0.717) is 24.5 Å². The number of ether oxygens (including phenoxy) is 2. The molecule has 0 aliphatic heterocycles. The van der Waals surface area contributed by atoms with E-state index in [2.05, 4.69) is 10.0 Å². The van der Waals surface area contributed by atoms with E-state index in [0.717, 1.165) is 6.26 Å². The normalized spacial score (nSPS) is 12.7. The van der Waals surface area contributed by atoms with Crippen molar-refractivity contribution >= 4 is 15.9 Å². The molecule has 0 heterocycles. The molecule has 0 radical (unpaired) electrons. The first-order valence-corrected chi connectivity index (χ1v) is 8.61. The van der Waals surface area contributed by atoms with Crippen LogP contribution < -0.4 is 14.8 Å². The van der Waals surface area contributed by atoms with E-state index in [-0.39, 0.29) is 12.3 Å². The second-order valence-corrected chi connectivity index (χ2v) is 6.54. The molecule has 2 N–H and O–H groups in total. The van der Waals surface area contributed by atoms with Crippen LogP contribution in [0.4, 0.5) is 0 Å². The molecule has 1 aromatic carbocycles. The first kappa shape index (κ1) is 18.4. The molecular weight excluding hydrogens is 308 g/mol. The lowest BCUT2D eigenvalue weighted by atomic mass is 10.0. The minimum atomic E-state index is -3.44. The Bertz CT molecular complexity index is 571. The van der Waals surface area contributed by atoms with Gasteiger partial charge in [-0.3, -0.25) is 4.79 Å². The lowest BCUT2D eigenvalue weighted by Gasteiger charge is -2.18. The molecule has 22 heavy (non-hydrogen) atoms. The van der Waals surface area contributed by atoms with Crippen molar-refractivity contribution in [3.63, 3.8) is 0 Å². The van der Waals surface area contributed by atoms with E-state index in [9.17, 15) is 13.2 Å². The molecule has 7 nitrogen and oxygen atoms in total. The van der Waals surface area contributed by atoms with Crippen molar-refractivity contribution in [2.24, 2.45) is 0 Å². The molecule has 0 bridgehead atoms. The van der Waals surface area contributed by atoms with Gasteiger partial charge in [0.15, 0.2) is 0 Å². The number of nitrogens with one attached hydrogen (secondary N) is 2. The Morgan fingerprint density at radius 3 is 2.36 bits per heavy atom. The van der Waals surface area contributed by atoms with Gasteiger partial charge in [0.1, 0.15) is 5.75 Å². The van der Waals surface area contributed by atoms with Gasteiger partial charge in [-0.15, -0.1) is 0 Å². The molecule has 0 saturated heterocycles. The van der Waals surface area contributed by atoms with Crippen molar-refractivity contribution in [1.29, 1.82) is 0 Å². The first-order valence-electron chi connectivity index (χ1n) is 6.72. The number of methoxy groups -OCH3 is 2. The maximum absolute atomic E-state index is 11.9. The molecule has 1 rings (SSSR count). The largest absolute Gasteiger partial charge is 0.497 e. The van der Waals surface area contributed by atoms with Gasteiger partial charge in [0.25, 0.3) is 0 Å². The van der Waals surface area contributed by atoms with Crippen LogP contribution in [-0.2, 0) is 19.6 Å². The van der Waals surface area contributed by atoms with Crippen LogP contribution in [0.5, 0.6) is 5.75 Å². The maximum atomic E-state index is 11.9. The van der Waals surface area contributed by atoms with Gasteiger partial charge in [-0.25, -0.2) is 13.1 Å². The Hall–Kier alpha value is -1.64. The molecule has 1 amide bonds. The number of rotatable bonds is 9. The molecule has 0 aliphatic rings. The summed E-state index contributed by atoms with van der Waals surface area (Å²) in [7, 11) is -0.359. The quantitative estimate of drug-likeness (QED) is 0.641. The third-order valence-corrected chi connectivity index (χ3v) is 3.61. The Morgan fingerprint density at radius 1 is 1.23 bits per heavy atom. The van der Waals surface area contributed by atoms with Gasteiger partial charge in [0, 0.05) is 20.1 Å². The van der Waals surface area contributed by atoms with Crippen LogP contribution in [0, 0.1) is 0 Å². The van der Waals surface area contributed by atoms with Crippen LogP contribution in [0.2, 0.25) is 0 Å². The van der Waals surface area contributed by atoms with Crippen molar-refractivity contribution in [1.82, 2.24) is 10.0 Å². The summed E-state index contributed by atoms with van der Waals surface area (Å²) >= 11 is 0. The average Bonchev–Trinajstić information content (AvgIpc) is 2.45. The van der Waals surface area contributed by atoms with E-state index < -0.39 is 16.1 Å². The van der Waals surface area contributed by atoms with Crippen LogP contribution in [0.15, 0.2) is 24.3 Å². The van der Waals surface area contributed by atoms with Crippen molar-refractivity contribution < 1.29 is 22.7 Å². The Morgan fingerprint density at radius 2 is 1.86 bits per heavy atom. The monoisotopic (exact) mass is 330 g/mol. The summed E-state index contributed by atoms with van der Waals surface area (Å²) < 4.78 is 35.4. The highest BCUT2D eigenvalue weighted by Gasteiger charge is 2.19. The summed E-state index contributed by atoms with van der Waals surface area (Å²) in [6.45, 7) is 0.780. The average molecular weight is 330 g/mol. The van der Waals surface area contributed by atoms with Crippen molar-refractivity contribution in [3.05, 3.63) is 29.8 Å². The molecule has 0 aliphatic carbocycles. The highest BCUT2D eigenvalue weighted by atomic mass is 32.2. The molecule has 1 aromatic rings. The third-order valence-electron chi connectivity index (χ3n) is 2.89. The Balaban J connectivity index is 2.81. The minimum absolute atomic E-state index is 0.00309. The van der Waals surface area contributed by atoms with Crippen LogP contribution >= 0.6 is 0 Å². The zero-order chi connectivity index (χ0) is 16.6. The van der Waals surface area contributed by atoms with E-state index in [1.54, 1.807) is 31.4 Å². The lowest BCUT2D eigenvalue weighted by molar-refractivity contribution is -0.121. The molecule has 0 spiro atoms. The summed E-state index contributed by atoms with van der Waals surface area (Å²) in [6.07, 6.45) is 1.06. The smallest absolute Gasteiger partial charge is 0.222 e. The number of hydrogen-bond donors (Lipinski definition) is 2.